The second-order valence-corrected chi connectivity index (χ2v) is 2.35. The van der Waals surface area contributed by atoms with Crippen LogP contribution >= 0.6 is 0 Å². The summed E-state index contributed by atoms with van der Waals surface area (Å²) in [5.41, 5.74) is 0. The van der Waals surface area contributed by atoms with Gasteiger partial charge in [0.25, 0.3) is 0 Å². The van der Waals surface area contributed by atoms with Crippen molar-refractivity contribution in [1.82, 2.24) is 0 Å². The first-order valence-corrected chi connectivity index (χ1v) is 3.81. The average molecular weight is 184 g/mol. The Morgan fingerprint density at radius 2 is 1.92 bits per heavy atom. The molecule has 0 saturated carbocycles. The lowest BCUT2D eigenvalue weighted by molar-refractivity contribution is -0.143. The number of esters is 2. The summed E-state index contributed by atoms with van der Waals surface area (Å²) in [6.07, 6.45) is -0.465. The summed E-state index contributed by atoms with van der Waals surface area (Å²) in [4.78, 5) is 20.7. The minimum atomic E-state index is -0.465. The molecule has 0 N–H and O–H groups in total. The van der Waals surface area contributed by atoms with Crippen LogP contribution in [0.1, 0.15) is 20.8 Å². The van der Waals surface area contributed by atoms with Gasteiger partial charge >= 0.3 is 11.9 Å². The van der Waals surface area contributed by atoms with E-state index in [0.29, 0.717) is 0 Å². The molecule has 0 radical (unpaired) electrons. The van der Waals surface area contributed by atoms with Crippen LogP contribution in [0.25, 0.3) is 0 Å². The van der Waals surface area contributed by atoms with Gasteiger partial charge in [0, 0.05) is 13.8 Å². The maximum atomic E-state index is 10.4. The van der Waals surface area contributed by atoms with Crippen LogP contribution in [0, 0.1) is 11.8 Å². The third-order valence-corrected chi connectivity index (χ3v) is 0.996. The van der Waals surface area contributed by atoms with E-state index in [1.54, 1.807) is 6.92 Å². The molecule has 1 atom stereocenters. The Kier molecular flexibility index (Phi) is 5.37. The quantitative estimate of drug-likeness (QED) is 0.463. The van der Waals surface area contributed by atoms with Crippen LogP contribution in [-0.4, -0.2) is 24.6 Å². The van der Waals surface area contributed by atoms with Crippen molar-refractivity contribution in [2.45, 2.75) is 26.9 Å². The van der Waals surface area contributed by atoms with Crippen molar-refractivity contribution in [2.75, 3.05) is 6.61 Å². The van der Waals surface area contributed by atoms with Crippen LogP contribution in [-0.2, 0) is 19.1 Å². The highest BCUT2D eigenvalue weighted by atomic mass is 16.5. The van der Waals surface area contributed by atoms with Crippen molar-refractivity contribution in [3.8, 4) is 11.8 Å². The highest BCUT2D eigenvalue weighted by Crippen LogP contribution is 1.87. The molecular weight excluding hydrogens is 172 g/mol. The van der Waals surface area contributed by atoms with E-state index < -0.39 is 6.10 Å². The van der Waals surface area contributed by atoms with E-state index in [1.165, 1.54) is 13.8 Å². The Labute approximate surface area is 77.2 Å². The van der Waals surface area contributed by atoms with Crippen LogP contribution < -0.4 is 0 Å². The molecule has 72 valence electrons. The molecule has 4 heteroatoms. The Morgan fingerprint density at radius 1 is 1.31 bits per heavy atom. The minimum Gasteiger partial charge on any atom is -0.453 e. The largest absolute Gasteiger partial charge is 0.453 e. The molecule has 13 heavy (non-hydrogen) atoms. The Balaban J connectivity index is 3.69. The smallest absolute Gasteiger partial charge is 0.303 e. The van der Waals surface area contributed by atoms with E-state index in [1.807, 2.05) is 0 Å². The first kappa shape index (κ1) is 11.5. The standard InChI is InChI=1S/C9H12O4/c1-7(13-9(3)11)5-4-6-12-8(2)10/h7H,6H2,1-3H3. The van der Waals surface area contributed by atoms with Gasteiger partial charge in [-0.2, -0.15) is 0 Å². The normalized spacial score (nSPS) is 10.7. The molecule has 0 amide bonds. The van der Waals surface area contributed by atoms with Gasteiger partial charge in [0.05, 0.1) is 0 Å². The van der Waals surface area contributed by atoms with Gasteiger partial charge in [0.1, 0.15) is 0 Å². The lowest BCUT2D eigenvalue weighted by Crippen LogP contribution is -2.09. The molecule has 0 aliphatic carbocycles. The van der Waals surface area contributed by atoms with Gasteiger partial charge in [-0.15, -0.1) is 0 Å². The van der Waals surface area contributed by atoms with Crippen molar-refractivity contribution < 1.29 is 19.1 Å². The van der Waals surface area contributed by atoms with Gasteiger partial charge in [-0.25, -0.2) is 0 Å². The molecule has 0 aliphatic heterocycles. The van der Waals surface area contributed by atoms with E-state index in [0.717, 1.165) is 0 Å². The van der Waals surface area contributed by atoms with Gasteiger partial charge in [-0.05, 0) is 6.92 Å². The maximum absolute atomic E-state index is 10.4. The second kappa shape index (κ2) is 6.06. The molecule has 4 nitrogen and oxygen atoms in total. The third-order valence-electron chi connectivity index (χ3n) is 0.996. The number of ether oxygens (including phenoxy) is 2. The summed E-state index contributed by atoms with van der Waals surface area (Å²) < 4.78 is 9.25. The molecule has 0 bridgehead atoms. The van der Waals surface area contributed by atoms with E-state index in [-0.39, 0.29) is 18.5 Å². The molecule has 0 aromatic carbocycles. The topological polar surface area (TPSA) is 52.6 Å². The number of hydrogen-bond acceptors (Lipinski definition) is 4. The van der Waals surface area contributed by atoms with Crippen molar-refractivity contribution in [3.63, 3.8) is 0 Å². The van der Waals surface area contributed by atoms with Crippen molar-refractivity contribution in [3.05, 3.63) is 0 Å². The maximum Gasteiger partial charge on any atom is 0.303 e. The fraction of sp³-hybridized carbons (Fsp3) is 0.556. The van der Waals surface area contributed by atoms with Gasteiger partial charge in [-0.3, -0.25) is 9.59 Å². The number of carbonyl (C=O) groups excluding carboxylic acids is 2. The lowest BCUT2D eigenvalue weighted by atomic mass is 10.4. The minimum absolute atomic E-state index is 0.0287. The number of carbonyl (C=O) groups is 2. The van der Waals surface area contributed by atoms with Gasteiger partial charge in [-0.1, -0.05) is 11.8 Å². The fourth-order valence-corrected chi connectivity index (χ4v) is 0.602. The third kappa shape index (κ3) is 8.41. The Bertz CT molecular complexity index is 246. The number of rotatable bonds is 2. The summed E-state index contributed by atoms with van der Waals surface area (Å²) in [7, 11) is 0. The summed E-state index contributed by atoms with van der Waals surface area (Å²) in [5, 5.41) is 0. The van der Waals surface area contributed by atoms with Gasteiger partial charge in [0.15, 0.2) is 12.7 Å². The van der Waals surface area contributed by atoms with E-state index in [9.17, 15) is 9.59 Å². The molecule has 0 aromatic rings. The molecule has 1 unspecified atom stereocenters. The Hall–Kier alpha value is -1.50. The van der Waals surface area contributed by atoms with Crippen molar-refractivity contribution in [1.29, 1.82) is 0 Å². The zero-order valence-corrected chi connectivity index (χ0v) is 7.92. The van der Waals surface area contributed by atoms with Gasteiger partial charge < -0.3 is 9.47 Å². The van der Waals surface area contributed by atoms with Crippen LogP contribution in [0.2, 0.25) is 0 Å². The molecule has 0 heterocycles. The SMILES string of the molecule is CC(=O)OCC#CC(C)OC(C)=O. The Morgan fingerprint density at radius 3 is 2.38 bits per heavy atom. The molecule has 0 aromatic heterocycles. The molecule has 0 spiro atoms. The molecule has 0 aliphatic rings. The first-order valence-electron chi connectivity index (χ1n) is 3.81. The van der Waals surface area contributed by atoms with Gasteiger partial charge in [0.2, 0.25) is 0 Å². The molecule has 0 saturated heterocycles. The monoisotopic (exact) mass is 184 g/mol. The van der Waals surface area contributed by atoms with E-state index >= 15 is 0 Å². The number of hydrogen-bond donors (Lipinski definition) is 0. The second-order valence-electron chi connectivity index (χ2n) is 2.35. The van der Waals surface area contributed by atoms with Crippen LogP contribution in [0.5, 0.6) is 0 Å². The predicted molar refractivity (Wildman–Crippen MR) is 45.6 cm³/mol. The van der Waals surface area contributed by atoms with E-state index in [2.05, 4.69) is 16.6 Å². The van der Waals surface area contributed by atoms with Crippen molar-refractivity contribution >= 4 is 11.9 Å². The molecular formula is C9H12O4. The summed E-state index contributed by atoms with van der Waals surface area (Å²) in [6, 6.07) is 0. The van der Waals surface area contributed by atoms with Crippen molar-refractivity contribution in [2.24, 2.45) is 0 Å². The summed E-state index contributed by atoms with van der Waals surface area (Å²) >= 11 is 0. The molecule has 0 fully saturated rings. The average Bonchev–Trinajstić information content (AvgIpc) is 1.96. The predicted octanol–water partition coefficient (Wildman–Crippen LogP) is 0.504. The lowest BCUT2D eigenvalue weighted by Gasteiger charge is -2.02. The highest BCUT2D eigenvalue weighted by Gasteiger charge is 1.98. The van der Waals surface area contributed by atoms with E-state index in [4.69, 9.17) is 4.74 Å². The van der Waals surface area contributed by atoms with Crippen LogP contribution in [0.15, 0.2) is 0 Å². The summed E-state index contributed by atoms with van der Waals surface area (Å²) in [6.45, 7) is 4.28. The zero-order valence-electron chi connectivity index (χ0n) is 7.92. The van der Waals surface area contributed by atoms with Crippen LogP contribution in [0.4, 0.5) is 0 Å². The van der Waals surface area contributed by atoms with Crippen LogP contribution in [0.3, 0.4) is 0 Å². The highest BCUT2D eigenvalue weighted by molar-refractivity contribution is 5.66. The zero-order chi connectivity index (χ0) is 10.3. The summed E-state index contributed by atoms with van der Waals surface area (Å²) in [5.74, 6) is 4.39. The first-order chi connectivity index (χ1) is 6.02. The fourth-order valence-electron chi connectivity index (χ4n) is 0.602. The molecule has 0 rings (SSSR count).